The van der Waals surface area contributed by atoms with Crippen molar-refractivity contribution in [3.63, 3.8) is 0 Å². The number of nitrogens with one attached hydrogen (secondary N) is 2. The van der Waals surface area contributed by atoms with Crippen LogP contribution in [0.5, 0.6) is 5.75 Å². The molecule has 2 heterocycles. The van der Waals surface area contributed by atoms with Gasteiger partial charge in [-0.3, -0.25) is 4.99 Å². The average Bonchev–Trinajstić information content (AvgIpc) is 3.33. The van der Waals surface area contributed by atoms with Crippen LogP contribution in [-0.4, -0.2) is 51.6 Å². The molecule has 2 saturated heterocycles. The molecule has 1 aromatic rings. The molecular weight excluding hydrogens is 330 g/mol. The van der Waals surface area contributed by atoms with Crippen LogP contribution in [0.15, 0.2) is 23.2 Å². The van der Waals surface area contributed by atoms with Crippen LogP contribution in [0.25, 0.3) is 0 Å². The van der Waals surface area contributed by atoms with E-state index in [0.717, 1.165) is 49.9 Å². The zero-order valence-electron chi connectivity index (χ0n) is 15.9. The average molecular weight is 361 g/mol. The number of aryl methyl sites for hydroxylation is 1. The zero-order chi connectivity index (χ0) is 18.2. The highest BCUT2D eigenvalue weighted by Crippen LogP contribution is 2.23. The zero-order valence-corrected chi connectivity index (χ0v) is 15.9. The van der Waals surface area contributed by atoms with Gasteiger partial charge in [0.05, 0.1) is 19.3 Å². The molecular formula is C20H31N3O3. The van der Waals surface area contributed by atoms with Gasteiger partial charge in [0.15, 0.2) is 5.96 Å². The number of aliphatic imine (C=N–C) groups is 1. The van der Waals surface area contributed by atoms with Crippen molar-refractivity contribution in [3.8, 4) is 5.75 Å². The van der Waals surface area contributed by atoms with E-state index in [1.165, 1.54) is 18.4 Å². The summed E-state index contributed by atoms with van der Waals surface area (Å²) in [5.74, 6) is 1.74. The van der Waals surface area contributed by atoms with Crippen LogP contribution in [-0.2, 0) is 16.0 Å². The fourth-order valence-corrected chi connectivity index (χ4v) is 3.33. The monoisotopic (exact) mass is 361 g/mol. The summed E-state index contributed by atoms with van der Waals surface area (Å²) in [6.45, 7) is 5.98. The van der Waals surface area contributed by atoms with Crippen LogP contribution in [0.1, 0.15) is 36.8 Å². The highest BCUT2D eigenvalue weighted by Gasteiger charge is 2.19. The predicted molar refractivity (Wildman–Crippen MR) is 103 cm³/mol. The Morgan fingerprint density at radius 3 is 2.92 bits per heavy atom. The van der Waals surface area contributed by atoms with Gasteiger partial charge in [-0.25, -0.2) is 0 Å². The van der Waals surface area contributed by atoms with E-state index >= 15 is 0 Å². The van der Waals surface area contributed by atoms with Crippen molar-refractivity contribution in [1.82, 2.24) is 10.6 Å². The van der Waals surface area contributed by atoms with Crippen molar-refractivity contribution in [2.24, 2.45) is 4.99 Å². The molecule has 0 radical (unpaired) electrons. The van der Waals surface area contributed by atoms with Crippen LogP contribution in [0.4, 0.5) is 0 Å². The van der Waals surface area contributed by atoms with E-state index in [4.69, 9.17) is 14.2 Å². The van der Waals surface area contributed by atoms with Crippen LogP contribution in [0.3, 0.4) is 0 Å². The number of nitrogens with zero attached hydrogens (tertiary/aromatic N) is 1. The van der Waals surface area contributed by atoms with E-state index < -0.39 is 0 Å². The summed E-state index contributed by atoms with van der Waals surface area (Å²) in [7, 11) is 1.80. The maximum absolute atomic E-state index is 6.16. The van der Waals surface area contributed by atoms with E-state index in [1.54, 1.807) is 7.05 Å². The van der Waals surface area contributed by atoms with E-state index in [2.05, 4.69) is 40.7 Å². The van der Waals surface area contributed by atoms with Gasteiger partial charge in [-0.1, -0.05) is 12.1 Å². The molecule has 0 aromatic heterocycles. The Hall–Kier alpha value is -1.79. The maximum Gasteiger partial charge on any atom is 0.191 e. The first-order chi connectivity index (χ1) is 12.7. The van der Waals surface area contributed by atoms with Gasteiger partial charge < -0.3 is 24.8 Å². The van der Waals surface area contributed by atoms with Gasteiger partial charge >= 0.3 is 0 Å². The maximum atomic E-state index is 6.16. The molecule has 6 heteroatoms. The topological polar surface area (TPSA) is 64.1 Å². The third kappa shape index (κ3) is 5.61. The Morgan fingerprint density at radius 1 is 1.27 bits per heavy atom. The Kier molecular flexibility index (Phi) is 7.14. The molecule has 0 aliphatic carbocycles. The van der Waals surface area contributed by atoms with E-state index in [0.29, 0.717) is 19.3 Å². The number of hydrogen-bond donors (Lipinski definition) is 2. The Labute approximate surface area is 156 Å². The van der Waals surface area contributed by atoms with E-state index in [1.807, 2.05) is 0 Å². The summed E-state index contributed by atoms with van der Waals surface area (Å²) in [4.78, 5) is 4.31. The molecule has 144 valence electrons. The minimum absolute atomic E-state index is 0.152. The summed E-state index contributed by atoms with van der Waals surface area (Å²) in [5, 5.41) is 6.75. The number of guanidine groups is 1. The predicted octanol–water partition coefficient (Wildman–Crippen LogP) is 2.40. The van der Waals surface area contributed by atoms with Crippen LogP contribution in [0, 0.1) is 6.92 Å². The summed E-state index contributed by atoms with van der Waals surface area (Å²) in [6.07, 6.45) is 4.86. The Balaban J connectivity index is 1.50. The molecule has 2 unspecified atom stereocenters. The standard InChI is InChI=1S/C20H31N3O3/c1-15-5-6-16(19(12-15)26-18-8-11-24-14-18)13-23-20(21-2)22-9-7-17-4-3-10-25-17/h5-6,12,17-18H,3-4,7-11,13-14H2,1-2H3,(H2,21,22,23). The van der Waals surface area contributed by atoms with E-state index in [9.17, 15) is 0 Å². The molecule has 2 atom stereocenters. The third-order valence-corrected chi connectivity index (χ3v) is 4.86. The molecule has 3 rings (SSSR count). The first-order valence-electron chi connectivity index (χ1n) is 9.64. The fraction of sp³-hybridized carbons (Fsp3) is 0.650. The number of hydrogen-bond acceptors (Lipinski definition) is 4. The molecule has 0 amide bonds. The molecule has 2 aliphatic heterocycles. The lowest BCUT2D eigenvalue weighted by atomic mass is 10.1. The van der Waals surface area contributed by atoms with Crippen molar-refractivity contribution in [2.75, 3.05) is 33.4 Å². The number of benzene rings is 1. The van der Waals surface area contributed by atoms with Gasteiger partial charge in [0.1, 0.15) is 11.9 Å². The lowest BCUT2D eigenvalue weighted by molar-refractivity contribution is 0.105. The highest BCUT2D eigenvalue weighted by molar-refractivity contribution is 5.79. The van der Waals surface area contributed by atoms with Gasteiger partial charge in [-0.15, -0.1) is 0 Å². The van der Waals surface area contributed by atoms with Gasteiger partial charge in [-0.05, 0) is 37.8 Å². The van der Waals surface area contributed by atoms with Crippen molar-refractivity contribution in [2.45, 2.75) is 51.4 Å². The molecule has 1 aromatic carbocycles. The second-order valence-electron chi connectivity index (χ2n) is 6.99. The second kappa shape index (κ2) is 9.78. The molecule has 6 nitrogen and oxygen atoms in total. The minimum Gasteiger partial charge on any atom is -0.488 e. The van der Waals surface area contributed by atoms with Gasteiger partial charge in [-0.2, -0.15) is 0 Å². The SMILES string of the molecule is CN=C(NCCC1CCCO1)NCc1ccc(C)cc1OC1CCOC1. The third-order valence-electron chi connectivity index (χ3n) is 4.86. The van der Waals surface area contributed by atoms with Crippen molar-refractivity contribution in [3.05, 3.63) is 29.3 Å². The van der Waals surface area contributed by atoms with Crippen LogP contribution >= 0.6 is 0 Å². The molecule has 0 spiro atoms. The first-order valence-corrected chi connectivity index (χ1v) is 9.64. The molecule has 2 fully saturated rings. The van der Waals surface area contributed by atoms with Crippen LogP contribution < -0.4 is 15.4 Å². The molecule has 0 saturated carbocycles. The summed E-state index contributed by atoms with van der Waals surface area (Å²) in [5.41, 5.74) is 2.33. The quantitative estimate of drug-likeness (QED) is 0.577. The highest BCUT2D eigenvalue weighted by atomic mass is 16.5. The fourth-order valence-electron chi connectivity index (χ4n) is 3.33. The summed E-state index contributed by atoms with van der Waals surface area (Å²) < 4.78 is 17.2. The van der Waals surface area contributed by atoms with Gasteiger partial charge in [0.2, 0.25) is 0 Å². The minimum atomic E-state index is 0.152. The molecule has 2 N–H and O–H groups in total. The first kappa shape index (κ1) is 19.0. The molecule has 2 aliphatic rings. The summed E-state index contributed by atoms with van der Waals surface area (Å²) in [6, 6.07) is 6.33. The van der Waals surface area contributed by atoms with Crippen molar-refractivity contribution in [1.29, 1.82) is 0 Å². The van der Waals surface area contributed by atoms with Gasteiger partial charge in [0, 0.05) is 38.7 Å². The number of ether oxygens (including phenoxy) is 3. The normalized spacial score (nSPS) is 23.2. The largest absolute Gasteiger partial charge is 0.488 e. The number of rotatable bonds is 7. The van der Waals surface area contributed by atoms with Crippen LogP contribution in [0.2, 0.25) is 0 Å². The Bertz CT molecular complexity index is 594. The summed E-state index contributed by atoms with van der Waals surface area (Å²) >= 11 is 0. The van der Waals surface area contributed by atoms with Gasteiger partial charge in [0.25, 0.3) is 0 Å². The Morgan fingerprint density at radius 2 is 2.19 bits per heavy atom. The van der Waals surface area contributed by atoms with Crippen molar-refractivity contribution >= 4 is 5.96 Å². The lowest BCUT2D eigenvalue weighted by Gasteiger charge is -2.18. The van der Waals surface area contributed by atoms with E-state index in [-0.39, 0.29) is 6.10 Å². The smallest absolute Gasteiger partial charge is 0.191 e. The molecule has 26 heavy (non-hydrogen) atoms. The second-order valence-corrected chi connectivity index (χ2v) is 6.99. The van der Waals surface area contributed by atoms with Crippen molar-refractivity contribution < 1.29 is 14.2 Å². The molecule has 0 bridgehead atoms. The lowest BCUT2D eigenvalue weighted by Crippen LogP contribution is -2.38.